The fourth-order valence-corrected chi connectivity index (χ4v) is 4.77. The third-order valence-electron chi connectivity index (χ3n) is 7.75. The highest BCUT2D eigenvalue weighted by molar-refractivity contribution is 5.08. The third-order valence-corrected chi connectivity index (χ3v) is 7.75. The summed E-state index contributed by atoms with van der Waals surface area (Å²) in [6.07, 6.45) is 17.1. The van der Waals surface area contributed by atoms with Crippen LogP contribution in [0.2, 0.25) is 0 Å². The van der Waals surface area contributed by atoms with Gasteiger partial charge in [-0.25, -0.2) is 0 Å². The summed E-state index contributed by atoms with van der Waals surface area (Å²) in [4.78, 5) is 0. The average molecular weight is 477 g/mol. The van der Waals surface area contributed by atoms with Crippen molar-refractivity contribution in [3.8, 4) is 0 Å². The largest absolute Gasteiger partial charge is 0.390 e. The quantitative estimate of drug-likeness (QED) is 0.183. The van der Waals surface area contributed by atoms with E-state index in [4.69, 9.17) is 9.47 Å². The Hall–Kier alpha value is -0.940. The van der Waals surface area contributed by atoms with Crippen LogP contribution in [-0.4, -0.2) is 45.3 Å². The molecule has 5 atom stereocenters. The molecule has 0 aromatic rings. The average Bonchev–Trinajstić information content (AvgIpc) is 3.58. The molecule has 2 N–H and O–H groups in total. The van der Waals surface area contributed by atoms with E-state index in [1.807, 2.05) is 0 Å². The lowest BCUT2D eigenvalue weighted by atomic mass is 9.93. The molecule has 2 saturated heterocycles. The van der Waals surface area contributed by atoms with Gasteiger partial charge >= 0.3 is 0 Å². The fourth-order valence-electron chi connectivity index (χ4n) is 4.77. The smallest absolute Gasteiger partial charge is 0.0923 e. The summed E-state index contributed by atoms with van der Waals surface area (Å²) >= 11 is 0. The maximum atomic E-state index is 9.99. The van der Waals surface area contributed by atoms with E-state index >= 15 is 0 Å². The molecule has 0 saturated carbocycles. The molecule has 0 aliphatic carbocycles. The summed E-state index contributed by atoms with van der Waals surface area (Å²) in [5.41, 5.74) is 3.17. The number of aliphatic hydroxyl groups excluding tert-OH is 1. The van der Waals surface area contributed by atoms with Crippen molar-refractivity contribution < 1.29 is 19.7 Å². The molecule has 0 unspecified atom stereocenters. The Labute approximate surface area is 209 Å². The van der Waals surface area contributed by atoms with Crippen molar-refractivity contribution in [1.29, 1.82) is 0 Å². The van der Waals surface area contributed by atoms with Crippen LogP contribution in [0.4, 0.5) is 0 Å². The van der Waals surface area contributed by atoms with Gasteiger partial charge in [0.25, 0.3) is 0 Å². The summed E-state index contributed by atoms with van der Waals surface area (Å²) in [6.45, 7) is 16.5. The van der Waals surface area contributed by atoms with Crippen molar-refractivity contribution in [2.75, 3.05) is 0 Å². The van der Waals surface area contributed by atoms with Gasteiger partial charge in [0.15, 0.2) is 0 Å². The van der Waals surface area contributed by atoms with Gasteiger partial charge in [-0.15, -0.1) is 0 Å². The van der Waals surface area contributed by atoms with Crippen LogP contribution in [0.25, 0.3) is 0 Å². The van der Waals surface area contributed by atoms with Crippen LogP contribution in [0.3, 0.4) is 0 Å². The molecule has 2 aliphatic heterocycles. The summed E-state index contributed by atoms with van der Waals surface area (Å²) < 4.78 is 12.2. The van der Waals surface area contributed by atoms with Gasteiger partial charge in [-0.1, -0.05) is 34.9 Å². The molecule has 0 spiro atoms. The normalized spacial score (nSPS) is 30.3. The summed E-state index contributed by atoms with van der Waals surface area (Å²) in [7, 11) is 0. The number of ether oxygens (including phenoxy) is 2. The Morgan fingerprint density at radius 3 is 1.74 bits per heavy atom. The van der Waals surface area contributed by atoms with Gasteiger partial charge < -0.3 is 19.7 Å². The first kappa shape index (κ1) is 29.3. The molecule has 34 heavy (non-hydrogen) atoms. The van der Waals surface area contributed by atoms with E-state index in [1.165, 1.54) is 16.7 Å². The maximum Gasteiger partial charge on any atom is 0.0923 e. The highest BCUT2D eigenvalue weighted by Crippen LogP contribution is 2.48. The van der Waals surface area contributed by atoms with Crippen LogP contribution < -0.4 is 0 Å². The minimum Gasteiger partial charge on any atom is -0.390 e. The van der Waals surface area contributed by atoms with Gasteiger partial charge in [0.2, 0.25) is 0 Å². The molecule has 0 radical (unpaired) electrons. The number of hydrogen-bond donors (Lipinski definition) is 2. The first-order chi connectivity index (χ1) is 15.7. The van der Waals surface area contributed by atoms with Gasteiger partial charge in [0.1, 0.15) is 0 Å². The van der Waals surface area contributed by atoms with Crippen LogP contribution in [0.1, 0.15) is 120 Å². The van der Waals surface area contributed by atoms with Gasteiger partial charge in [-0.3, -0.25) is 0 Å². The first-order valence-corrected chi connectivity index (χ1v) is 13.5. The summed E-state index contributed by atoms with van der Waals surface area (Å²) in [6, 6.07) is 0. The number of allylic oxidation sites excluding steroid dienone is 6. The van der Waals surface area contributed by atoms with E-state index < -0.39 is 11.7 Å². The summed E-state index contributed by atoms with van der Waals surface area (Å²) in [5, 5.41) is 19.8. The number of hydrogen-bond acceptors (Lipinski definition) is 4. The lowest BCUT2D eigenvalue weighted by Crippen LogP contribution is -2.35. The fraction of sp³-hybridized carbons (Fsp3) is 0.800. The zero-order valence-corrected chi connectivity index (χ0v) is 23.2. The van der Waals surface area contributed by atoms with Crippen molar-refractivity contribution >= 4 is 0 Å². The van der Waals surface area contributed by atoms with Crippen molar-refractivity contribution in [2.45, 2.75) is 155 Å². The molecule has 4 nitrogen and oxygen atoms in total. The SMILES string of the molecule is CC(C)=CCC/C(C)=C/CC[C@]1(C)O[C@H]1CC[C@@H]1O[C@@]1(C)CC/C=C(\C)CC[C@H](O)C(C)(C)O. The van der Waals surface area contributed by atoms with Crippen molar-refractivity contribution in [3.05, 3.63) is 34.9 Å². The molecular formula is C30H52O4. The molecule has 196 valence electrons. The Bertz CT molecular complexity index is 739. The molecular weight excluding hydrogens is 424 g/mol. The predicted molar refractivity (Wildman–Crippen MR) is 142 cm³/mol. The molecule has 0 amide bonds. The van der Waals surface area contributed by atoms with Gasteiger partial charge in [-0.05, 0) is 120 Å². The molecule has 0 aromatic carbocycles. The zero-order chi connectivity index (χ0) is 25.6. The highest BCUT2D eigenvalue weighted by atomic mass is 16.6. The molecule has 2 fully saturated rings. The third kappa shape index (κ3) is 9.97. The molecule has 0 bridgehead atoms. The number of epoxide rings is 2. The standard InChI is InChI=1S/C30H52O4/c1-22(2)12-9-13-23(3)14-10-20-29(7)26(33-29)18-19-27-30(8,34-27)21-11-15-24(4)16-17-25(31)28(5,6)32/h12,14-15,25-27,31-32H,9-11,13,16-21H2,1-8H3/b23-14+,24-15+/t25-,26-,27-,29-,30-/m0/s1. The van der Waals surface area contributed by atoms with Gasteiger partial charge in [0, 0.05) is 0 Å². The molecule has 0 aromatic heterocycles. The van der Waals surface area contributed by atoms with Gasteiger partial charge in [-0.2, -0.15) is 0 Å². The van der Waals surface area contributed by atoms with Crippen molar-refractivity contribution in [3.63, 3.8) is 0 Å². The van der Waals surface area contributed by atoms with E-state index in [-0.39, 0.29) is 11.2 Å². The van der Waals surface area contributed by atoms with Crippen molar-refractivity contribution in [2.24, 2.45) is 0 Å². The Morgan fingerprint density at radius 2 is 1.29 bits per heavy atom. The number of aliphatic hydroxyl groups is 2. The predicted octanol–water partition coefficient (Wildman–Crippen LogP) is 7.19. The first-order valence-electron chi connectivity index (χ1n) is 13.5. The van der Waals surface area contributed by atoms with E-state index in [0.29, 0.717) is 18.6 Å². The lowest BCUT2D eigenvalue weighted by Gasteiger charge is -2.24. The maximum absolute atomic E-state index is 9.99. The second-order valence-corrected chi connectivity index (χ2v) is 12.1. The monoisotopic (exact) mass is 476 g/mol. The Kier molecular flexibility index (Phi) is 10.6. The topological polar surface area (TPSA) is 65.5 Å². The van der Waals surface area contributed by atoms with E-state index in [0.717, 1.165) is 57.8 Å². The Morgan fingerprint density at radius 1 is 0.824 bits per heavy atom. The minimum absolute atomic E-state index is 0.000184. The van der Waals surface area contributed by atoms with Crippen LogP contribution in [0.15, 0.2) is 34.9 Å². The van der Waals surface area contributed by atoms with E-state index in [1.54, 1.807) is 13.8 Å². The second kappa shape index (κ2) is 12.3. The molecule has 4 heteroatoms. The van der Waals surface area contributed by atoms with Crippen molar-refractivity contribution in [1.82, 2.24) is 0 Å². The van der Waals surface area contributed by atoms with E-state index in [9.17, 15) is 10.2 Å². The van der Waals surface area contributed by atoms with Crippen LogP contribution in [-0.2, 0) is 9.47 Å². The molecule has 2 aliphatic rings. The summed E-state index contributed by atoms with van der Waals surface area (Å²) in [5.74, 6) is 0. The highest BCUT2D eigenvalue weighted by Gasteiger charge is 2.55. The van der Waals surface area contributed by atoms with Crippen LogP contribution in [0, 0.1) is 0 Å². The molecule has 2 rings (SSSR count). The Balaban J connectivity index is 1.60. The van der Waals surface area contributed by atoms with Gasteiger partial charge in [0.05, 0.1) is 35.1 Å². The zero-order valence-electron chi connectivity index (χ0n) is 23.2. The van der Waals surface area contributed by atoms with Crippen LogP contribution in [0.5, 0.6) is 0 Å². The van der Waals surface area contributed by atoms with E-state index in [2.05, 4.69) is 59.8 Å². The number of rotatable bonds is 16. The molecule has 2 heterocycles. The minimum atomic E-state index is -1.04. The van der Waals surface area contributed by atoms with Crippen LogP contribution >= 0.6 is 0 Å². The second-order valence-electron chi connectivity index (χ2n) is 12.1. The lowest BCUT2D eigenvalue weighted by molar-refractivity contribution is -0.0509.